The molecule has 3 aliphatic rings. The molecule has 3 fully saturated rings. The smallest absolute Gasteiger partial charge is 0.235 e. The molecule has 0 amide bonds. The van der Waals surface area contributed by atoms with Crippen LogP contribution in [0.25, 0.3) is 0 Å². The molecule has 27 heavy (non-hydrogen) atoms. The zero-order valence-electron chi connectivity index (χ0n) is 16.3. The van der Waals surface area contributed by atoms with Gasteiger partial charge in [0.15, 0.2) is 0 Å². The molecular formula is C21H33N3O2S. The normalized spacial score (nSPS) is 22.2. The van der Waals surface area contributed by atoms with Gasteiger partial charge in [-0.15, -0.1) is 0 Å². The van der Waals surface area contributed by atoms with E-state index in [0.717, 1.165) is 68.9 Å². The van der Waals surface area contributed by atoms with Crippen molar-refractivity contribution in [3.05, 3.63) is 18.2 Å². The highest BCUT2D eigenvalue weighted by Crippen LogP contribution is 2.35. The number of benzene rings is 1. The maximum absolute atomic E-state index is 13.0. The van der Waals surface area contributed by atoms with Gasteiger partial charge in [-0.1, -0.05) is 12.8 Å². The van der Waals surface area contributed by atoms with Gasteiger partial charge in [0.25, 0.3) is 0 Å². The first-order valence-corrected chi connectivity index (χ1v) is 12.3. The topological polar surface area (TPSA) is 52.7 Å². The first kappa shape index (κ1) is 18.9. The van der Waals surface area contributed by atoms with Crippen LogP contribution in [0.15, 0.2) is 18.2 Å². The van der Waals surface area contributed by atoms with Crippen molar-refractivity contribution in [2.75, 3.05) is 40.7 Å². The second-order valence-corrected chi connectivity index (χ2v) is 10.3. The second-order valence-electron chi connectivity index (χ2n) is 8.35. The number of nitrogens with one attached hydrogen (secondary N) is 1. The van der Waals surface area contributed by atoms with Gasteiger partial charge in [-0.3, -0.25) is 4.72 Å². The first-order valence-electron chi connectivity index (χ1n) is 10.8. The summed E-state index contributed by atoms with van der Waals surface area (Å²) in [6.07, 6.45) is 11.0. The number of rotatable bonds is 5. The Labute approximate surface area is 164 Å². The fraction of sp³-hybridized carbons (Fsp3) is 0.714. The monoisotopic (exact) mass is 391 g/mol. The summed E-state index contributed by atoms with van der Waals surface area (Å²) < 4.78 is 29.0. The Bertz CT molecular complexity index is 732. The SMILES string of the molecule is O=S(=O)(Nc1cc(N2CCCCC2)ccc1N1CCCCC1)C1CCCC1. The molecule has 0 unspecified atom stereocenters. The second kappa shape index (κ2) is 8.29. The molecule has 1 aromatic carbocycles. The van der Waals surface area contributed by atoms with Crippen LogP contribution in [0.4, 0.5) is 17.1 Å². The standard InChI is InChI=1S/C21H33N3O2S/c25-27(26,19-9-3-4-10-19)22-20-17-18(23-13-5-1-6-14-23)11-12-21(20)24-15-7-2-8-16-24/h11-12,17,19,22H,1-10,13-16H2. The van der Waals surface area contributed by atoms with Gasteiger partial charge < -0.3 is 9.80 Å². The maximum atomic E-state index is 13.0. The molecule has 2 heterocycles. The Balaban J connectivity index is 1.63. The quantitative estimate of drug-likeness (QED) is 0.811. The largest absolute Gasteiger partial charge is 0.371 e. The van der Waals surface area contributed by atoms with Crippen LogP contribution in [0.1, 0.15) is 64.2 Å². The van der Waals surface area contributed by atoms with Gasteiger partial charge in [-0.2, -0.15) is 0 Å². The van der Waals surface area contributed by atoms with Crippen LogP contribution in [0.3, 0.4) is 0 Å². The van der Waals surface area contributed by atoms with E-state index in [1.165, 1.54) is 38.5 Å². The minimum atomic E-state index is -3.32. The summed E-state index contributed by atoms with van der Waals surface area (Å²) >= 11 is 0. The predicted octanol–water partition coefficient (Wildman–Crippen LogP) is 4.35. The van der Waals surface area contributed by atoms with Crippen molar-refractivity contribution >= 4 is 27.1 Å². The van der Waals surface area contributed by atoms with Crippen LogP contribution >= 0.6 is 0 Å². The van der Waals surface area contributed by atoms with E-state index in [9.17, 15) is 8.42 Å². The Morgan fingerprint density at radius 1 is 0.778 bits per heavy atom. The molecule has 0 radical (unpaired) electrons. The lowest BCUT2D eigenvalue weighted by molar-refractivity contribution is 0.575. The molecule has 5 nitrogen and oxygen atoms in total. The van der Waals surface area contributed by atoms with E-state index in [1.807, 2.05) is 0 Å². The van der Waals surface area contributed by atoms with Crippen LogP contribution in [0.2, 0.25) is 0 Å². The minimum absolute atomic E-state index is 0.231. The molecule has 0 spiro atoms. The summed E-state index contributed by atoms with van der Waals surface area (Å²) in [5, 5.41) is -0.231. The molecule has 4 rings (SSSR count). The van der Waals surface area contributed by atoms with E-state index < -0.39 is 10.0 Å². The summed E-state index contributed by atoms with van der Waals surface area (Å²) in [7, 11) is -3.32. The van der Waals surface area contributed by atoms with E-state index in [0.29, 0.717) is 0 Å². The molecule has 0 bridgehead atoms. The Morgan fingerprint density at radius 2 is 1.37 bits per heavy atom. The van der Waals surface area contributed by atoms with Gasteiger partial charge in [0, 0.05) is 31.9 Å². The number of hydrogen-bond acceptors (Lipinski definition) is 4. The van der Waals surface area contributed by atoms with Crippen LogP contribution in [-0.4, -0.2) is 39.8 Å². The molecule has 1 aliphatic carbocycles. The van der Waals surface area contributed by atoms with Crippen molar-refractivity contribution < 1.29 is 8.42 Å². The van der Waals surface area contributed by atoms with E-state index in [-0.39, 0.29) is 5.25 Å². The molecule has 2 saturated heterocycles. The Kier molecular flexibility index (Phi) is 5.81. The van der Waals surface area contributed by atoms with Crippen LogP contribution in [0, 0.1) is 0 Å². The summed E-state index contributed by atoms with van der Waals surface area (Å²) in [6.45, 7) is 4.16. The van der Waals surface area contributed by atoms with Crippen molar-refractivity contribution in [3.8, 4) is 0 Å². The Morgan fingerprint density at radius 3 is 2.00 bits per heavy atom. The van der Waals surface area contributed by atoms with Crippen molar-refractivity contribution in [1.29, 1.82) is 0 Å². The lowest BCUT2D eigenvalue weighted by atomic mass is 10.1. The molecule has 1 aromatic rings. The number of hydrogen-bond donors (Lipinski definition) is 1. The summed E-state index contributed by atoms with van der Waals surface area (Å²) in [5.41, 5.74) is 2.99. The number of anilines is 3. The Hall–Kier alpha value is -1.43. The molecule has 0 aromatic heterocycles. The molecule has 1 saturated carbocycles. The van der Waals surface area contributed by atoms with Crippen molar-refractivity contribution in [2.45, 2.75) is 69.5 Å². The van der Waals surface area contributed by atoms with Crippen molar-refractivity contribution in [2.24, 2.45) is 0 Å². The lowest BCUT2D eigenvalue weighted by Gasteiger charge is -2.33. The fourth-order valence-corrected chi connectivity index (χ4v) is 6.39. The van der Waals surface area contributed by atoms with Crippen LogP contribution < -0.4 is 14.5 Å². The maximum Gasteiger partial charge on any atom is 0.235 e. The highest BCUT2D eigenvalue weighted by Gasteiger charge is 2.30. The van der Waals surface area contributed by atoms with E-state index in [2.05, 4.69) is 32.7 Å². The minimum Gasteiger partial charge on any atom is -0.371 e. The number of piperidine rings is 2. The van der Waals surface area contributed by atoms with Gasteiger partial charge in [0.2, 0.25) is 10.0 Å². The first-order chi connectivity index (χ1) is 13.1. The van der Waals surface area contributed by atoms with Crippen LogP contribution in [0.5, 0.6) is 0 Å². The van der Waals surface area contributed by atoms with E-state index in [1.54, 1.807) is 0 Å². The van der Waals surface area contributed by atoms with E-state index >= 15 is 0 Å². The van der Waals surface area contributed by atoms with Crippen molar-refractivity contribution in [3.63, 3.8) is 0 Å². The van der Waals surface area contributed by atoms with Gasteiger partial charge >= 0.3 is 0 Å². The summed E-state index contributed by atoms with van der Waals surface area (Å²) in [5.74, 6) is 0. The lowest BCUT2D eigenvalue weighted by Crippen LogP contribution is -2.32. The third-order valence-corrected chi connectivity index (χ3v) is 8.24. The average Bonchev–Trinajstić information content (AvgIpc) is 3.25. The number of sulfonamides is 1. The average molecular weight is 392 g/mol. The molecular weight excluding hydrogens is 358 g/mol. The highest BCUT2D eigenvalue weighted by atomic mass is 32.2. The predicted molar refractivity (Wildman–Crippen MR) is 113 cm³/mol. The van der Waals surface area contributed by atoms with E-state index in [4.69, 9.17) is 0 Å². The van der Waals surface area contributed by atoms with Gasteiger partial charge in [-0.05, 0) is 69.6 Å². The van der Waals surface area contributed by atoms with Gasteiger partial charge in [-0.25, -0.2) is 8.42 Å². The third kappa shape index (κ3) is 4.36. The van der Waals surface area contributed by atoms with Gasteiger partial charge in [0.05, 0.1) is 16.6 Å². The molecule has 150 valence electrons. The molecule has 1 N–H and O–H groups in total. The fourth-order valence-electron chi connectivity index (χ4n) is 4.80. The third-order valence-electron chi connectivity index (χ3n) is 6.39. The number of nitrogens with zero attached hydrogens (tertiary/aromatic N) is 2. The molecule has 0 atom stereocenters. The van der Waals surface area contributed by atoms with Gasteiger partial charge in [0.1, 0.15) is 0 Å². The zero-order valence-corrected chi connectivity index (χ0v) is 17.1. The summed E-state index contributed by atoms with van der Waals surface area (Å²) in [4.78, 5) is 4.76. The van der Waals surface area contributed by atoms with Crippen LogP contribution in [-0.2, 0) is 10.0 Å². The molecule has 6 heteroatoms. The molecule has 2 aliphatic heterocycles. The van der Waals surface area contributed by atoms with Crippen molar-refractivity contribution in [1.82, 2.24) is 0 Å². The zero-order chi connectivity index (χ0) is 18.7. The highest BCUT2D eigenvalue weighted by molar-refractivity contribution is 7.93. The summed E-state index contributed by atoms with van der Waals surface area (Å²) in [6, 6.07) is 6.41.